The van der Waals surface area contributed by atoms with Gasteiger partial charge in [-0.05, 0) is 13.8 Å². The van der Waals surface area contributed by atoms with E-state index in [9.17, 15) is 30.0 Å². The molecule has 0 spiro atoms. The molecule has 1 aliphatic rings. The van der Waals surface area contributed by atoms with Crippen molar-refractivity contribution in [1.82, 2.24) is 0 Å². The summed E-state index contributed by atoms with van der Waals surface area (Å²) in [5, 5.41) is 40.0. The van der Waals surface area contributed by atoms with Crippen LogP contribution in [0, 0.1) is 17.8 Å². The summed E-state index contributed by atoms with van der Waals surface area (Å²) in [6, 6.07) is 0. The van der Waals surface area contributed by atoms with Crippen molar-refractivity contribution in [3.63, 3.8) is 0 Å². The average Bonchev–Trinajstić information content (AvgIpc) is 3.29. The summed E-state index contributed by atoms with van der Waals surface area (Å²) in [5.41, 5.74) is -0.994. The molecule has 0 bridgehead atoms. The van der Waals surface area contributed by atoms with Crippen LogP contribution in [-0.2, 0) is 14.3 Å². The number of epoxide rings is 1. The highest BCUT2D eigenvalue weighted by Crippen LogP contribution is 2.46. The van der Waals surface area contributed by atoms with Gasteiger partial charge in [0.15, 0.2) is 0 Å². The number of ketones is 2. The van der Waals surface area contributed by atoms with Crippen LogP contribution in [0.2, 0.25) is 0 Å². The number of carbonyl (C=O) groups excluding carboxylic acids is 2. The second kappa shape index (κ2) is 9.71. The van der Waals surface area contributed by atoms with Crippen molar-refractivity contribution in [2.24, 2.45) is 17.8 Å². The van der Waals surface area contributed by atoms with Crippen LogP contribution >= 0.6 is 0 Å². The fourth-order valence-corrected chi connectivity index (χ4v) is 3.45. The van der Waals surface area contributed by atoms with Crippen LogP contribution in [0.25, 0.3) is 0 Å². The Balaban J connectivity index is 2.88. The molecule has 0 aromatic carbocycles. The van der Waals surface area contributed by atoms with Crippen molar-refractivity contribution in [2.75, 3.05) is 13.2 Å². The molecule has 26 heavy (non-hydrogen) atoms. The Morgan fingerprint density at radius 3 is 2.23 bits per heavy atom. The van der Waals surface area contributed by atoms with Crippen LogP contribution in [0.4, 0.5) is 0 Å². The summed E-state index contributed by atoms with van der Waals surface area (Å²) >= 11 is 0. The average molecular weight is 372 g/mol. The van der Waals surface area contributed by atoms with Crippen molar-refractivity contribution in [3.8, 4) is 0 Å². The number of aliphatic hydroxyl groups excluding tert-OH is 4. The second-order valence-electron chi connectivity index (χ2n) is 7.20. The van der Waals surface area contributed by atoms with Gasteiger partial charge in [0.25, 0.3) is 0 Å². The Morgan fingerprint density at radius 2 is 1.77 bits per heavy atom. The number of hydrogen-bond acceptors (Lipinski definition) is 7. The molecule has 7 nitrogen and oxygen atoms in total. The molecular weight excluding hydrogens is 340 g/mol. The minimum atomic E-state index is -1.35. The quantitative estimate of drug-likeness (QED) is 0.285. The van der Waals surface area contributed by atoms with Crippen LogP contribution in [0.15, 0.2) is 12.2 Å². The molecule has 0 radical (unpaired) electrons. The first-order valence-electron chi connectivity index (χ1n) is 9.11. The third-order valence-corrected chi connectivity index (χ3v) is 5.25. The number of ether oxygens (including phenoxy) is 1. The normalized spacial score (nSPS) is 28.4. The molecule has 1 saturated heterocycles. The second-order valence-corrected chi connectivity index (χ2v) is 7.20. The number of hydrogen-bond donors (Lipinski definition) is 4. The summed E-state index contributed by atoms with van der Waals surface area (Å²) in [7, 11) is 0. The van der Waals surface area contributed by atoms with E-state index < -0.39 is 48.6 Å². The number of allylic oxidation sites excluding steroid dienone is 1. The zero-order chi connectivity index (χ0) is 20.1. The smallest absolute Gasteiger partial charge is 0.148 e. The van der Waals surface area contributed by atoms with Crippen molar-refractivity contribution in [3.05, 3.63) is 12.2 Å². The number of Topliss-reactive ketones (excluding diaryl/α,β-unsaturated/α-hetero) is 2. The summed E-state index contributed by atoms with van der Waals surface area (Å²) in [4.78, 5) is 24.2. The van der Waals surface area contributed by atoms with Gasteiger partial charge < -0.3 is 25.2 Å². The van der Waals surface area contributed by atoms with E-state index in [4.69, 9.17) is 4.74 Å². The molecule has 7 atom stereocenters. The van der Waals surface area contributed by atoms with Gasteiger partial charge in [-0.3, -0.25) is 9.59 Å². The minimum absolute atomic E-state index is 0.0236. The van der Waals surface area contributed by atoms with E-state index in [0.29, 0.717) is 0 Å². The van der Waals surface area contributed by atoms with Gasteiger partial charge in [0.05, 0.1) is 43.4 Å². The highest BCUT2D eigenvalue weighted by molar-refractivity contribution is 5.86. The first kappa shape index (κ1) is 22.9. The Hall–Kier alpha value is -1.12. The first-order chi connectivity index (χ1) is 12.2. The predicted molar refractivity (Wildman–Crippen MR) is 95.3 cm³/mol. The molecule has 0 aromatic heterocycles. The Labute approximate surface area is 154 Å². The molecule has 1 heterocycles. The standard InChI is InChI=1S/C19H32O7/c1-5-7-11(3)18-19(4,26-18)17(25)14(10-21)16(24)13(9-20)15(23)8-12(22)6-2/h5,7,11,13-15,17-18,20-21,23,25H,6,8-10H2,1-4H3/b7-5-/t11-,13+,14-,15-,17-,18+,19+/m0/s1. The Morgan fingerprint density at radius 1 is 1.19 bits per heavy atom. The van der Waals surface area contributed by atoms with Gasteiger partial charge in [-0.2, -0.15) is 0 Å². The Bertz CT molecular complexity index is 518. The maximum Gasteiger partial charge on any atom is 0.148 e. The summed E-state index contributed by atoms with van der Waals surface area (Å²) in [5.74, 6) is -3.34. The third-order valence-electron chi connectivity index (χ3n) is 5.25. The molecule has 1 aliphatic heterocycles. The van der Waals surface area contributed by atoms with Crippen LogP contribution < -0.4 is 0 Å². The van der Waals surface area contributed by atoms with E-state index in [1.165, 1.54) is 0 Å². The zero-order valence-corrected chi connectivity index (χ0v) is 16.0. The summed E-state index contributed by atoms with van der Waals surface area (Å²) in [6.45, 7) is 5.79. The van der Waals surface area contributed by atoms with Crippen molar-refractivity contribution in [2.45, 2.75) is 64.4 Å². The first-order valence-corrected chi connectivity index (χ1v) is 9.11. The van der Waals surface area contributed by atoms with Crippen LogP contribution in [-0.4, -0.2) is 69.1 Å². The van der Waals surface area contributed by atoms with Crippen molar-refractivity contribution >= 4 is 11.6 Å². The molecule has 4 N–H and O–H groups in total. The van der Waals surface area contributed by atoms with Gasteiger partial charge in [-0.25, -0.2) is 0 Å². The predicted octanol–water partition coefficient (Wildman–Crippen LogP) is 0.233. The largest absolute Gasteiger partial charge is 0.396 e. The molecule has 0 unspecified atom stereocenters. The molecular formula is C19H32O7. The molecule has 7 heteroatoms. The number of rotatable bonds is 12. The van der Waals surface area contributed by atoms with Crippen LogP contribution in [0.5, 0.6) is 0 Å². The van der Waals surface area contributed by atoms with Crippen molar-refractivity contribution < 1.29 is 34.8 Å². The van der Waals surface area contributed by atoms with Crippen molar-refractivity contribution in [1.29, 1.82) is 0 Å². The molecule has 0 saturated carbocycles. The van der Waals surface area contributed by atoms with Gasteiger partial charge >= 0.3 is 0 Å². The molecule has 150 valence electrons. The van der Waals surface area contributed by atoms with Gasteiger partial charge in [-0.1, -0.05) is 26.0 Å². The molecule has 1 fully saturated rings. The van der Waals surface area contributed by atoms with E-state index in [2.05, 4.69) is 0 Å². The lowest BCUT2D eigenvalue weighted by atomic mass is 9.79. The number of aliphatic hydroxyl groups is 4. The molecule has 0 aromatic rings. The highest BCUT2D eigenvalue weighted by Gasteiger charge is 2.61. The lowest BCUT2D eigenvalue weighted by Gasteiger charge is -2.28. The zero-order valence-electron chi connectivity index (χ0n) is 16.0. The van der Waals surface area contributed by atoms with Gasteiger partial charge in [0.2, 0.25) is 0 Å². The summed E-state index contributed by atoms with van der Waals surface area (Å²) in [6.07, 6.45) is 0.816. The minimum Gasteiger partial charge on any atom is -0.396 e. The maximum atomic E-state index is 12.7. The Kier molecular flexibility index (Phi) is 8.56. The number of carbonyl (C=O) groups is 2. The maximum absolute atomic E-state index is 12.7. The molecule has 0 amide bonds. The fraction of sp³-hybridized carbons (Fsp3) is 0.789. The van der Waals surface area contributed by atoms with E-state index in [-0.39, 0.29) is 30.6 Å². The highest BCUT2D eigenvalue weighted by atomic mass is 16.6. The monoisotopic (exact) mass is 372 g/mol. The fourth-order valence-electron chi connectivity index (χ4n) is 3.45. The SMILES string of the molecule is C/C=C\[C@H](C)[C@H]1O[C@]1(C)[C@@H](O)[C@@H](CO)C(=O)[C@H](CO)[C@@H](O)CC(=O)CC. The lowest BCUT2D eigenvalue weighted by molar-refractivity contribution is -0.140. The van der Waals surface area contributed by atoms with Gasteiger partial charge in [0, 0.05) is 18.8 Å². The van der Waals surface area contributed by atoms with Gasteiger partial charge in [0.1, 0.15) is 17.2 Å². The van der Waals surface area contributed by atoms with Crippen LogP contribution in [0.1, 0.15) is 40.5 Å². The van der Waals surface area contributed by atoms with Crippen LogP contribution in [0.3, 0.4) is 0 Å². The third kappa shape index (κ3) is 4.98. The van der Waals surface area contributed by atoms with E-state index in [1.807, 2.05) is 26.0 Å². The lowest BCUT2D eigenvalue weighted by Crippen LogP contribution is -2.47. The topological polar surface area (TPSA) is 128 Å². The van der Waals surface area contributed by atoms with E-state index in [0.717, 1.165) is 0 Å². The van der Waals surface area contributed by atoms with Gasteiger partial charge in [-0.15, -0.1) is 0 Å². The van der Waals surface area contributed by atoms with E-state index in [1.54, 1.807) is 13.8 Å². The molecule has 0 aliphatic carbocycles. The van der Waals surface area contributed by atoms with E-state index >= 15 is 0 Å². The molecule has 1 rings (SSSR count). The summed E-state index contributed by atoms with van der Waals surface area (Å²) < 4.78 is 5.63.